The molecule has 0 radical (unpaired) electrons. The van der Waals surface area contributed by atoms with E-state index in [9.17, 15) is 4.79 Å². The minimum Gasteiger partial charge on any atom is -0.436 e. The molecule has 0 aliphatic carbocycles. The van der Waals surface area contributed by atoms with E-state index in [0.717, 1.165) is 0 Å². The molecule has 0 heterocycles. The first kappa shape index (κ1) is 8.39. The number of ether oxygens (including phenoxy) is 1. The van der Waals surface area contributed by atoms with Crippen molar-refractivity contribution in [3.63, 3.8) is 0 Å². The molecule has 9 heavy (non-hydrogen) atoms. The van der Waals surface area contributed by atoms with Gasteiger partial charge in [0.05, 0.1) is 6.61 Å². The molecule has 0 aromatic carbocycles. The van der Waals surface area contributed by atoms with E-state index in [2.05, 4.69) is 14.5 Å². The summed E-state index contributed by atoms with van der Waals surface area (Å²) in [5, 5.41) is 0. The van der Waals surface area contributed by atoms with Gasteiger partial charge in [-0.25, -0.2) is 4.89 Å². The zero-order valence-corrected chi connectivity index (χ0v) is 5.55. The van der Waals surface area contributed by atoms with Crippen LogP contribution in [0.3, 0.4) is 0 Å². The molecule has 0 aliphatic heterocycles. The van der Waals surface area contributed by atoms with E-state index < -0.39 is 0 Å². The SMILES string of the molecule is CCOOCOC(C)=O. The normalized spacial score (nSPS) is 9.11. The lowest BCUT2D eigenvalue weighted by molar-refractivity contribution is -0.327. The quantitative estimate of drug-likeness (QED) is 0.184. The van der Waals surface area contributed by atoms with Crippen molar-refractivity contribution >= 4 is 5.97 Å². The molecular formula is C5H10O4. The van der Waals surface area contributed by atoms with Crippen molar-refractivity contribution in [2.45, 2.75) is 13.8 Å². The monoisotopic (exact) mass is 134 g/mol. The molecule has 0 aromatic rings. The summed E-state index contributed by atoms with van der Waals surface area (Å²) in [4.78, 5) is 18.8. The maximum Gasteiger partial charge on any atom is 0.304 e. The Morgan fingerprint density at radius 1 is 1.44 bits per heavy atom. The van der Waals surface area contributed by atoms with Crippen LogP contribution in [0.15, 0.2) is 0 Å². The van der Waals surface area contributed by atoms with Crippen LogP contribution in [-0.4, -0.2) is 19.4 Å². The molecule has 0 bridgehead atoms. The maximum absolute atomic E-state index is 10.0. The summed E-state index contributed by atoms with van der Waals surface area (Å²) in [6.45, 7) is 3.38. The van der Waals surface area contributed by atoms with Gasteiger partial charge in [0, 0.05) is 6.92 Å². The highest BCUT2D eigenvalue weighted by Crippen LogP contribution is 1.80. The molecule has 0 saturated heterocycles. The van der Waals surface area contributed by atoms with Crippen molar-refractivity contribution in [1.29, 1.82) is 0 Å². The Kier molecular flexibility index (Phi) is 5.15. The first-order chi connectivity index (χ1) is 4.27. The third kappa shape index (κ3) is 7.39. The van der Waals surface area contributed by atoms with Crippen molar-refractivity contribution in [1.82, 2.24) is 0 Å². The Morgan fingerprint density at radius 2 is 2.11 bits per heavy atom. The molecular weight excluding hydrogens is 124 g/mol. The van der Waals surface area contributed by atoms with Crippen LogP contribution in [0.1, 0.15) is 13.8 Å². The fraction of sp³-hybridized carbons (Fsp3) is 0.800. The standard InChI is InChI=1S/C5H10O4/c1-3-8-9-4-7-5(2)6/h3-4H2,1-2H3. The van der Waals surface area contributed by atoms with Crippen LogP contribution in [0.2, 0.25) is 0 Å². The predicted molar refractivity (Wildman–Crippen MR) is 29.3 cm³/mol. The first-order valence-corrected chi connectivity index (χ1v) is 2.65. The minimum atomic E-state index is -0.380. The van der Waals surface area contributed by atoms with Crippen molar-refractivity contribution in [2.24, 2.45) is 0 Å². The second-order valence-electron chi connectivity index (χ2n) is 1.28. The smallest absolute Gasteiger partial charge is 0.304 e. The topological polar surface area (TPSA) is 44.8 Å². The van der Waals surface area contributed by atoms with Crippen LogP contribution in [-0.2, 0) is 19.3 Å². The summed E-state index contributed by atoms with van der Waals surface area (Å²) < 4.78 is 4.36. The van der Waals surface area contributed by atoms with Gasteiger partial charge in [0.15, 0.2) is 0 Å². The van der Waals surface area contributed by atoms with Gasteiger partial charge in [-0.3, -0.25) is 4.79 Å². The molecule has 54 valence electrons. The summed E-state index contributed by atoms with van der Waals surface area (Å²) in [5.41, 5.74) is 0. The number of carbonyl (C=O) groups excluding carboxylic acids is 1. The van der Waals surface area contributed by atoms with Crippen LogP contribution < -0.4 is 0 Å². The third-order valence-corrected chi connectivity index (χ3v) is 0.511. The van der Waals surface area contributed by atoms with E-state index in [4.69, 9.17) is 0 Å². The predicted octanol–water partition coefficient (Wildman–Crippen LogP) is 0.475. The van der Waals surface area contributed by atoms with Gasteiger partial charge < -0.3 is 4.74 Å². The second-order valence-corrected chi connectivity index (χ2v) is 1.28. The van der Waals surface area contributed by atoms with Crippen LogP contribution >= 0.6 is 0 Å². The van der Waals surface area contributed by atoms with Gasteiger partial charge >= 0.3 is 5.97 Å². The molecule has 0 rings (SSSR count). The lowest BCUT2D eigenvalue weighted by atomic mass is 10.8. The van der Waals surface area contributed by atoms with Gasteiger partial charge in [0.1, 0.15) is 0 Å². The van der Waals surface area contributed by atoms with Crippen LogP contribution in [0.5, 0.6) is 0 Å². The van der Waals surface area contributed by atoms with Crippen LogP contribution in [0.25, 0.3) is 0 Å². The van der Waals surface area contributed by atoms with E-state index in [0.29, 0.717) is 6.61 Å². The molecule has 0 unspecified atom stereocenters. The van der Waals surface area contributed by atoms with E-state index in [1.54, 1.807) is 6.92 Å². The highest BCUT2D eigenvalue weighted by molar-refractivity contribution is 5.65. The van der Waals surface area contributed by atoms with Crippen molar-refractivity contribution < 1.29 is 19.3 Å². The minimum absolute atomic E-state index is 0.136. The Balaban J connectivity index is 2.83. The summed E-state index contributed by atoms with van der Waals surface area (Å²) in [5.74, 6) is -0.380. The van der Waals surface area contributed by atoms with Gasteiger partial charge in [0.2, 0.25) is 6.79 Å². The average molecular weight is 134 g/mol. The summed E-state index contributed by atoms with van der Waals surface area (Å²) >= 11 is 0. The molecule has 0 spiro atoms. The van der Waals surface area contributed by atoms with Crippen LogP contribution in [0, 0.1) is 0 Å². The Morgan fingerprint density at radius 3 is 2.56 bits per heavy atom. The first-order valence-electron chi connectivity index (χ1n) is 2.65. The van der Waals surface area contributed by atoms with Crippen LogP contribution in [0.4, 0.5) is 0 Å². The largest absolute Gasteiger partial charge is 0.436 e. The second kappa shape index (κ2) is 5.53. The fourth-order valence-corrected chi connectivity index (χ4v) is 0.224. The fourth-order valence-electron chi connectivity index (χ4n) is 0.224. The van der Waals surface area contributed by atoms with Gasteiger partial charge in [-0.05, 0) is 6.92 Å². The lowest BCUT2D eigenvalue weighted by Crippen LogP contribution is -2.04. The van der Waals surface area contributed by atoms with E-state index in [-0.39, 0.29) is 12.8 Å². The van der Waals surface area contributed by atoms with Crippen molar-refractivity contribution in [2.75, 3.05) is 13.4 Å². The Labute approximate surface area is 53.6 Å². The highest BCUT2D eigenvalue weighted by Gasteiger charge is 1.89. The van der Waals surface area contributed by atoms with E-state index >= 15 is 0 Å². The third-order valence-electron chi connectivity index (χ3n) is 0.511. The maximum atomic E-state index is 10.0. The average Bonchev–Trinajstić information content (AvgIpc) is 1.80. The van der Waals surface area contributed by atoms with Crippen molar-refractivity contribution in [3.05, 3.63) is 0 Å². The zero-order valence-electron chi connectivity index (χ0n) is 5.55. The Bertz CT molecular complexity index is 81.0. The molecule has 0 amide bonds. The molecule has 0 aromatic heterocycles. The lowest BCUT2D eigenvalue weighted by Gasteiger charge is -1.99. The van der Waals surface area contributed by atoms with Crippen molar-refractivity contribution in [3.8, 4) is 0 Å². The summed E-state index contributed by atoms with van der Waals surface area (Å²) in [6.07, 6.45) is 0. The van der Waals surface area contributed by atoms with Gasteiger partial charge in [-0.2, -0.15) is 4.89 Å². The Hall–Kier alpha value is -0.610. The van der Waals surface area contributed by atoms with Gasteiger partial charge in [-0.1, -0.05) is 0 Å². The molecule has 0 aliphatic rings. The number of carbonyl (C=O) groups is 1. The number of hydrogen-bond donors (Lipinski definition) is 0. The molecule has 0 saturated carbocycles. The van der Waals surface area contributed by atoms with E-state index in [1.807, 2.05) is 0 Å². The number of esters is 1. The summed E-state index contributed by atoms with van der Waals surface area (Å²) in [6, 6.07) is 0. The molecule has 0 fully saturated rings. The number of hydrogen-bond acceptors (Lipinski definition) is 4. The molecule has 4 nitrogen and oxygen atoms in total. The van der Waals surface area contributed by atoms with Gasteiger partial charge in [-0.15, -0.1) is 0 Å². The number of rotatable bonds is 4. The summed E-state index contributed by atoms with van der Waals surface area (Å²) in [7, 11) is 0. The van der Waals surface area contributed by atoms with E-state index in [1.165, 1.54) is 6.92 Å². The molecule has 4 heteroatoms. The van der Waals surface area contributed by atoms with Gasteiger partial charge in [0.25, 0.3) is 0 Å². The molecule has 0 atom stereocenters. The zero-order chi connectivity index (χ0) is 7.11. The molecule has 0 N–H and O–H groups in total. The highest BCUT2D eigenvalue weighted by atomic mass is 17.2.